The van der Waals surface area contributed by atoms with Gasteiger partial charge in [0.25, 0.3) is 0 Å². The lowest BCUT2D eigenvalue weighted by molar-refractivity contribution is -0.281. The zero-order valence-corrected chi connectivity index (χ0v) is 29.0. The van der Waals surface area contributed by atoms with Crippen molar-refractivity contribution in [1.82, 2.24) is 0 Å². The van der Waals surface area contributed by atoms with Crippen LogP contribution in [0.5, 0.6) is 0 Å². The van der Waals surface area contributed by atoms with Crippen molar-refractivity contribution >= 4 is 25.0 Å². The highest BCUT2D eigenvalue weighted by Gasteiger charge is 2.55. The summed E-state index contributed by atoms with van der Waals surface area (Å²) in [5, 5.41) is -0.139. The summed E-state index contributed by atoms with van der Waals surface area (Å²) in [6.07, 6.45) is -2.79. The van der Waals surface area contributed by atoms with Crippen LogP contribution in [0.4, 0.5) is 4.39 Å². The Kier molecular flexibility index (Phi) is 11.1. The molecular formula is C27H57FO5Si3. The van der Waals surface area contributed by atoms with Crippen LogP contribution in [-0.4, -0.2) is 68.9 Å². The molecular weight excluding hydrogens is 508 g/mol. The molecule has 5 atom stereocenters. The fourth-order valence-electron chi connectivity index (χ4n) is 3.10. The molecule has 9 heteroatoms. The summed E-state index contributed by atoms with van der Waals surface area (Å²) in [4.78, 5) is 0. The topological polar surface area (TPSA) is 46.2 Å². The lowest BCUT2D eigenvalue weighted by Gasteiger charge is -2.51. The minimum atomic E-state index is -2.35. The van der Waals surface area contributed by atoms with Crippen molar-refractivity contribution < 1.29 is 27.1 Å². The van der Waals surface area contributed by atoms with Gasteiger partial charge in [0, 0.05) is 0 Å². The van der Waals surface area contributed by atoms with Gasteiger partial charge in [-0.15, -0.1) is 6.58 Å². The molecule has 1 aliphatic heterocycles. The third-order valence-electron chi connectivity index (χ3n) is 8.84. The molecule has 0 N–H and O–H groups in total. The van der Waals surface area contributed by atoms with Gasteiger partial charge in [0.1, 0.15) is 18.3 Å². The molecule has 1 saturated heterocycles. The number of hydrogen-bond donors (Lipinski definition) is 0. The van der Waals surface area contributed by atoms with E-state index >= 15 is 4.39 Å². The minimum Gasteiger partial charge on any atom is -0.414 e. The lowest BCUT2D eigenvalue weighted by atomic mass is 10.0. The van der Waals surface area contributed by atoms with Crippen molar-refractivity contribution in [2.75, 3.05) is 13.2 Å². The normalized spacial score (nSPS) is 27.3. The second-order valence-electron chi connectivity index (χ2n) is 14.9. The van der Waals surface area contributed by atoms with Gasteiger partial charge in [-0.05, 0) is 54.4 Å². The van der Waals surface area contributed by atoms with E-state index < -0.39 is 55.7 Å². The molecule has 1 heterocycles. The maximum absolute atomic E-state index is 16.5. The molecule has 5 nitrogen and oxygen atoms in total. The average molecular weight is 565 g/mol. The molecule has 36 heavy (non-hydrogen) atoms. The SMILES string of the molecule is C=CCO[C@H]1O[C@H](CO[Si](C)(C)C(C)(C)C)[C@@H](F)[C@H](O[Si](C)(C)C(C)(C)C)[C@H]1O[Si](C)(C)C(C)(C)C. The molecule has 0 saturated carbocycles. The monoisotopic (exact) mass is 564 g/mol. The Labute approximate surface area is 225 Å². The van der Waals surface area contributed by atoms with E-state index in [4.69, 9.17) is 22.8 Å². The van der Waals surface area contributed by atoms with E-state index in [9.17, 15) is 0 Å². The molecule has 0 aromatic rings. The molecule has 0 aliphatic carbocycles. The maximum atomic E-state index is 16.5. The quantitative estimate of drug-likeness (QED) is 0.198. The third-order valence-corrected chi connectivity index (χ3v) is 22.3. The fourth-order valence-corrected chi connectivity index (χ4v) is 6.69. The first kappa shape index (κ1) is 34.1. The van der Waals surface area contributed by atoms with Crippen LogP contribution in [0, 0.1) is 0 Å². The van der Waals surface area contributed by atoms with E-state index in [1.165, 1.54) is 0 Å². The van der Waals surface area contributed by atoms with Gasteiger partial charge in [-0.3, -0.25) is 0 Å². The molecule has 0 bridgehead atoms. The molecule has 0 aromatic carbocycles. The zero-order valence-electron chi connectivity index (χ0n) is 26.0. The average Bonchev–Trinajstić information content (AvgIpc) is 2.66. The van der Waals surface area contributed by atoms with E-state index in [0.717, 1.165) is 0 Å². The molecule has 0 spiro atoms. The largest absolute Gasteiger partial charge is 0.414 e. The van der Waals surface area contributed by atoms with Gasteiger partial charge in [-0.2, -0.15) is 0 Å². The fraction of sp³-hybridized carbons (Fsp3) is 0.926. The first-order valence-electron chi connectivity index (χ1n) is 13.4. The minimum absolute atomic E-state index is 0.0111. The Hall–Kier alpha value is 0.121. The molecule has 0 unspecified atom stereocenters. The van der Waals surface area contributed by atoms with Crippen LogP contribution in [0.2, 0.25) is 54.4 Å². The van der Waals surface area contributed by atoms with E-state index in [1.807, 2.05) is 0 Å². The smallest absolute Gasteiger partial charge is 0.192 e. The predicted molar refractivity (Wildman–Crippen MR) is 157 cm³/mol. The molecule has 0 amide bonds. The summed E-state index contributed by atoms with van der Waals surface area (Å²) in [5.74, 6) is 0. The number of rotatable bonds is 10. The molecule has 214 valence electrons. The first-order valence-corrected chi connectivity index (χ1v) is 22.1. The highest BCUT2D eigenvalue weighted by atomic mass is 28.4. The van der Waals surface area contributed by atoms with Gasteiger partial charge in [-0.25, -0.2) is 4.39 Å². The van der Waals surface area contributed by atoms with Crippen LogP contribution in [0.25, 0.3) is 0 Å². The van der Waals surface area contributed by atoms with Gasteiger partial charge in [0.05, 0.1) is 13.2 Å². The number of ether oxygens (including phenoxy) is 2. The molecule has 1 rings (SSSR count). The van der Waals surface area contributed by atoms with Crippen molar-refractivity contribution in [3.8, 4) is 0 Å². The van der Waals surface area contributed by atoms with Crippen molar-refractivity contribution in [3.05, 3.63) is 12.7 Å². The van der Waals surface area contributed by atoms with Crippen LogP contribution in [0.3, 0.4) is 0 Å². The molecule has 0 radical (unpaired) electrons. The Morgan fingerprint density at radius 2 is 1.17 bits per heavy atom. The van der Waals surface area contributed by atoms with Crippen molar-refractivity contribution in [1.29, 1.82) is 0 Å². The first-order chi connectivity index (χ1) is 15.9. The second kappa shape index (κ2) is 11.7. The van der Waals surface area contributed by atoms with Crippen LogP contribution in [0.1, 0.15) is 62.3 Å². The molecule has 1 aliphatic rings. The van der Waals surface area contributed by atoms with Gasteiger partial charge in [-0.1, -0.05) is 68.4 Å². The summed E-state index contributed by atoms with van der Waals surface area (Å²) in [7, 11) is -6.75. The molecule has 1 fully saturated rings. The van der Waals surface area contributed by atoms with E-state index in [2.05, 4.69) is 108 Å². The Balaban J connectivity index is 3.47. The maximum Gasteiger partial charge on any atom is 0.192 e. The zero-order chi connectivity index (χ0) is 28.5. The van der Waals surface area contributed by atoms with Crippen molar-refractivity contribution in [2.45, 2.75) is 147 Å². The Bertz CT molecular complexity index is 722. The van der Waals surface area contributed by atoms with Crippen molar-refractivity contribution in [2.24, 2.45) is 0 Å². The Morgan fingerprint density at radius 3 is 1.56 bits per heavy atom. The molecule has 0 aromatic heterocycles. The van der Waals surface area contributed by atoms with Gasteiger partial charge in [0.2, 0.25) is 0 Å². The summed E-state index contributed by atoms with van der Waals surface area (Å²) < 4.78 is 48.9. The third kappa shape index (κ3) is 8.31. The van der Waals surface area contributed by atoms with Crippen LogP contribution >= 0.6 is 0 Å². The van der Waals surface area contributed by atoms with Crippen LogP contribution in [-0.2, 0) is 22.8 Å². The highest BCUT2D eigenvalue weighted by molar-refractivity contribution is 6.75. The summed E-state index contributed by atoms with van der Waals surface area (Å²) in [6.45, 7) is 36.8. The van der Waals surface area contributed by atoms with Crippen LogP contribution in [0.15, 0.2) is 12.7 Å². The standard InChI is InChI=1S/C27H57FO5Si3/c1-17-18-29-24-23(33-36(15,16)27(8,9)10)22(32-35(13,14)26(5,6)7)21(28)20(31-24)19-30-34(11,12)25(2,3)4/h17,20-24H,1,18-19H2,2-16H3/t20-,21-,22+,23-,24+/m1/s1. The summed E-state index contributed by atoms with van der Waals surface area (Å²) >= 11 is 0. The van der Waals surface area contributed by atoms with Gasteiger partial charge >= 0.3 is 0 Å². The predicted octanol–water partition coefficient (Wildman–Crippen LogP) is 8.05. The van der Waals surface area contributed by atoms with Gasteiger partial charge in [0.15, 0.2) is 37.4 Å². The number of alkyl halides is 1. The number of halogens is 1. The van der Waals surface area contributed by atoms with Gasteiger partial charge < -0.3 is 22.8 Å². The van der Waals surface area contributed by atoms with E-state index in [1.54, 1.807) is 6.08 Å². The summed E-state index contributed by atoms with van der Waals surface area (Å²) in [5.41, 5.74) is 0. The van der Waals surface area contributed by atoms with Crippen LogP contribution < -0.4 is 0 Å². The Morgan fingerprint density at radius 1 is 0.750 bits per heavy atom. The van der Waals surface area contributed by atoms with E-state index in [0.29, 0.717) is 0 Å². The second-order valence-corrected chi connectivity index (χ2v) is 29.2. The number of hydrogen-bond acceptors (Lipinski definition) is 5. The van der Waals surface area contributed by atoms with E-state index in [-0.39, 0.29) is 28.3 Å². The highest BCUT2D eigenvalue weighted by Crippen LogP contribution is 2.44. The van der Waals surface area contributed by atoms with Crippen molar-refractivity contribution in [3.63, 3.8) is 0 Å². The summed E-state index contributed by atoms with van der Waals surface area (Å²) in [6, 6.07) is 0. The lowest BCUT2D eigenvalue weighted by Crippen LogP contribution is -2.65.